The van der Waals surface area contributed by atoms with E-state index in [2.05, 4.69) is 10.2 Å². The molecule has 3 rings (SSSR count). The second kappa shape index (κ2) is 7.72. The third-order valence-electron chi connectivity index (χ3n) is 4.95. The maximum atomic E-state index is 13.3. The predicted molar refractivity (Wildman–Crippen MR) is 99.8 cm³/mol. The van der Waals surface area contributed by atoms with Crippen molar-refractivity contribution in [2.24, 2.45) is 0 Å². The summed E-state index contributed by atoms with van der Waals surface area (Å²) in [4.78, 5) is 14.6. The first-order chi connectivity index (χ1) is 12.7. The van der Waals surface area contributed by atoms with Crippen LogP contribution in [0.15, 0.2) is 36.4 Å². The highest BCUT2D eigenvalue weighted by atomic mass is 19.4. The minimum absolute atomic E-state index is 0.169. The quantitative estimate of drug-likeness (QED) is 0.798. The van der Waals surface area contributed by atoms with Crippen molar-refractivity contribution >= 4 is 11.6 Å². The van der Waals surface area contributed by atoms with E-state index >= 15 is 0 Å². The molecule has 6 heteroatoms. The number of alkyl halides is 3. The van der Waals surface area contributed by atoms with Gasteiger partial charge in [0.1, 0.15) is 0 Å². The number of rotatable bonds is 4. The molecule has 2 aromatic rings. The van der Waals surface area contributed by atoms with Crippen LogP contribution in [0.3, 0.4) is 0 Å². The van der Waals surface area contributed by atoms with E-state index in [0.29, 0.717) is 17.7 Å². The Bertz CT molecular complexity index is 840. The zero-order chi connectivity index (χ0) is 19.6. The van der Waals surface area contributed by atoms with Gasteiger partial charge in [-0.3, -0.25) is 9.69 Å². The van der Waals surface area contributed by atoms with Gasteiger partial charge in [-0.1, -0.05) is 6.07 Å². The number of hydrogen-bond donors (Lipinski definition) is 1. The maximum absolute atomic E-state index is 13.3. The number of hydrogen-bond acceptors (Lipinski definition) is 2. The van der Waals surface area contributed by atoms with Gasteiger partial charge in [0.25, 0.3) is 5.91 Å². The molecule has 1 heterocycles. The van der Waals surface area contributed by atoms with Gasteiger partial charge in [0.15, 0.2) is 0 Å². The predicted octanol–water partition coefficient (Wildman–Crippen LogP) is 5.17. The Morgan fingerprint density at radius 1 is 1.04 bits per heavy atom. The fourth-order valence-electron chi connectivity index (χ4n) is 3.30. The van der Waals surface area contributed by atoms with Crippen LogP contribution in [0.2, 0.25) is 0 Å². The molecule has 1 amide bonds. The van der Waals surface area contributed by atoms with Crippen LogP contribution >= 0.6 is 0 Å². The molecule has 0 saturated carbocycles. The normalized spacial score (nSPS) is 15.1. The SMILES string of the molecule is Cc1ccc(C(=O)Nc2cc(CN3CCCC3)cc(C(F)(F)F)c2)cc1C. The van der Waals surface area contributed by atoms with Gasteiger partial charge in [0, 0.05) is 17.8 Å². The van der Waals surface area contributed by atoms with Crippen molar-refractivity contribution in [3.8, 4) is 0 Å². The Labute approximate surface area is 157 Å². The molecule has 0 spiro atoms. The van der Waals surface area contributed by atoms with Crippen molar-refractivity contribution < 1.29 is 18.0 Å². The van der Waals surface area contributed by atoms with E-state index < -0.39 is 17.6 Å². The minimum Gasteiger partial charge on any atom is -0.322 e. The summed E-state index contributed by atoms with van der Waals surface area (Å²) in [6.45, 7) is 6.07. The lowest BCUT2D eigenvalue weighted by molar-refractivity contribution is -0.137. The van der Waals surface area contributed by atoms with E-state index in [0.717, 1.165) is 43.1 Å². The highest BCUT2D eigenvalue weighted by Gasteiger charge is 2.31. The molecule has 0 aliphatic carbocycles. The van der Waals surface area contributed by atoms with Gasteiger partial charge >= 0.3 is 6.18 Å². The molecule has 1 N–H and O–H groups in total. The molecule has 144 valence electrons. The van der Waals surface area contributed by atoms with Crippen LogP contribution in [0, 0.1) is 13.8 Å². The standard InChI is InChI=1S/C21H23F3N2O/c1-14-5-6-17(9-15(14)2)20(27)25-19-11-16(13-26-7-3-4-8-26)10-18(12-19)21(22,23)24/h5-6,9-12H,3-4,7-8,13H2,1-2H3,(H,25,27). The number of amides is 1. The molecule has 0 atom stereocenters. The second-order valence-corrected chi connectivity index (χ2v) is 7.15. The average Bonchev–Trinajstić information content (AvgIpc) is 3.09. The fourth-order valence-corrected chi connectivity index (χ4v) is 3.30. The summed E-state index contributed by atoms with van der Waals surface area (Å²) in [7, 11) is 0. The molecule has 0 aromatic heterocycles. The van der Waals surface area contributed by atoms with Crippen molar-refractivity contribution in [1.29, 1.82) is 0 Å². The summed E-state index contributed by atoms with van der Waals surface area (Å²) in [5, 5.41) is 2.63. The Balaban J connectivity index is 1.86. The summed E-state index contributed by atoms with van der Waals surface area (Å²) < 4.78 is 39.9. The van der Waals surface area contributed by atoms with Crippen LogP contribution in [-0.4, -0.2) is 23.9 Å². The number of halogens is 3. The third-order valence-corrected chi connectivity index (χ3v) is 4.95. The fraction of sp³-hybridized carbons (Fsp3) is 0.381. The molecule has 1 aliphatic heterocycles. The molecule has 0 unspecified atom stereocenters. The van der Waals surface area contributed by atoms with Gasteiger partial charge in [-0.2, -0.15) is 13.2 Å². The average molecular weight is 376 g/mol. The second-order valence-electron chi connectivity index (χ2n) is 7.15. The topological polar surface area (TPSA) is 32.3 Å². The van der Waals surface area contributed by atoms with Crippen LogP contribution in [-0.2, 0) is 12.7 Å². The van der Waals surface area contributed by atoms with Crippen LogP contribution in [0.4, 0.5) is 18.9 Å². The number of aryl methyl sites for hydroxylation is 2. The Kier molecular flexibility index (Phi) is 5.56. The molecule has 1 fully saturated rings. The van der Waals surface area contributed by atoms with Crippen LogP contribution in [0.25, 0.3) is 0 Å². The van der Waals surface area contributed by atoms with E-state index in [-0.39, 0.29) is 5.69 Å². The summed E-state index contributed by atoms with van der Waals surface area (Å²) in [5.41, 5.74) is 2.43. The van der Waals surface area contributed by atoms with E-state index in [9.17, 15) is 18.0 Å². The van der Waals surface area contributed by atoms with Crippen molar-refractivity contribution in [3.05, 3.63) is 64.2 Å². The summed E-state index contributed by atoms with van der Waals surface area (Å²) >= 11 is 0. The molecule has 1 saturated heterocycles. The molecule has 1 aliphatic rings. The maximum Gasteiger partial charge on any atom is 0.416 e. The van der Waals surface area contributed by atoms with E-state index in [1.165, 1.54) is 6.07 Å². The molecule has 0 bridgehead atoms. The van der Waals surface area contributed by atoms with Crippen LogP contribution in [0.5, 0.6) is 0 Å². The van der Waals surface area contributed by atoms with Gasteiger partial charge in [0.05, 0.1) is 5.56 Å². The van der Waals surface area contributed by atoms with Gasteiger partial charge < -0.3 is 5.32 Å². The molecular weight excluding hydrogens is 353 g/mol. The van der Waals surface area contributed by atoms with E-state index in [1.54, 1.807) is 18.2 Å². The van der Waals surface area contributed by atoms with Gasteiger partial charge in [0.2, 0.25) is 0 Å². The Morgan fingerprint density at radius 3 is 2.37 bits per heavy atom. The molecule has 0 radical (unpaired) electrons. The summed E-state index contributed by atoms with van der Waals surface area (Å²) in [5.74, 6) is -0.412. The number of benzene rings is 2. The monoisotopic (exact) mass is 376 g/mol. The zero-order valence-corrected chi connectivity index (χ0v) is 15.5. The summed E-state index contributed by atoms with van der Waals surface area (Å²) in [6, 6.07) is 9.04. The van der Waals surface area contributed by atoms with Crippen molar-refractivity contribution in [2.75, 3.05) is 18.4 Å². The number of carbonyl (C=O) groups excluding carboxylic acids is 1. The van der Waals surface area contributed by atoms with E-state index in [1.807, 2.05) is 19.9 Å². The van der Waals surface area contributed by atoms with Crippen LogP contribution < -0.4 is 5.32 Å². The van der Waals surface area contributed by atoms with Crippen LogP contribution in [0.1, 0.15) is 45.5 Å². The highest BCUT2D eigenvalue weighted by molar-refractivity contribution is 6.04. The first-order valence-corrected chi connectivity index (χ1v) is 9.04. The lowest BCUT2D eigenvalue weighted by atomic mass is 10.1. The molecule has 3 nitrogen and oxygen atoms in total. The Hall–Kier alpha value is -2.34. The number of likely N-dealkylation sites (tertiary alicyclic amines) is 1. The third kappa shape index (κ3) is 4.89. The lowest BCUT2D eigenvalue weighted by Crippen LogP contribution is -2.19. The van der Waals surface area contributed by atoms with Crippen molar-refractivity contribution in [2.45, 2.75) is 39.4 Å². The highest BCUT2D eigenvalue weighted by Crippen LogP contribution is 2.32. The Morgan fingerprint density at radius 2 is 1.74 bits per heavy atom. The minimum atomic E-state index is -4.46. The molecule has 27 heavy (non-hydrogen) atoms. The van der Waals surface area contributed by atoms with Crippen molar-refractivity contribution in [1.82, 2.24) is 4.90 Å². The summed E-state index contributed by atoms with van der Waals surface area (Å²) in [6.07, 6.45) is -2.33. The van der Waals surface area contributed by atoms with E-state index in [4.69, 9.17) is 0 Å². The van der Waals surface area contributed by atoms with Gasteiger partial charge in [-0.25, -0.2) is 0 Å². The largest absolute Gasteiger partial charge is 0.416 e. The number of nitrogens with one attached hydrogen (secondary N) is 1. The molecular formula is C21H23F3N2O. The number of anilines is 1. The van der Waals surface area contributed by atoms with Crippen molar-refractivity contribution in [3.63, 3.8) is 0 Å². The smallest absolute Gasteiger partial charge is 0.322 e. The van der Waals surface area contributed by atoms with Gasteiger partial charge in [-0.15, -0.1) is 0 Å². The number of nitrogens with zero attached hydrogens (tertiary/aromatic N) is 1. The molecule has 2 aromatic carbocycles. The zero-order valence-electron chi connectivity index (χ0n) is 15.5. The first kappa shape index (κ1) is 19.4. The lowest BCUT2D eigenvalue weighted by Gasteiger charge is -2.18. The number of carbonyl (C=O) groups is 1. The first-order valence-electron chi connectivity index (χ1n) is 9.04. The van der Waals surface area contributed by atoms with Gasteiger partial charge in [-0.05, 0) is 86.8 Å².